The van der Waals surface area contributed by atoms with Gasteiger partial charge < -0.3 is 4.57 Å². The normalized spacial score (nSPS) is 17.9. The number of aromatic nitrogens is 2. The summed E-state index contributed by atoms with van der Waals surface area (Å²) in [7, 11) is 1.89. The van der Waals surface area contributed by atoms with Crippen LogP contribution in [0.1, 0.15) is 49.0 Å². The van der Waals surface area contributed by atoms with Gasteiger partial charge in [-0.2, -0.15) is 0 Å². The molecule has 1 aliphatic rings. The van der Waals surface area contributed by atoms with E-state index in [4.69, 9.17) is 0 Å². The molecule has 82 valence electrons. The smallest absolute Gasteiger partial charge is 0.183 e. The fraction of sp³-hybridized carbons (Fsp3) is 0.667. The molecule has 15 heavy (non-hydrogen) atoms. The molecule has 2 rings (SSSR count). The van der Waals surface area contributed by atoms with Crippen molar-refractivity contribution in [3.63, 3.8) is 0 Å². The van der Waals surface area contributed by atoms with E-state index in [1.807, 2.05) is 17.8 Å². The average molecular weight is 206 g/mol. The van der Waals surface area contributed by atoms with Crippen LogP contribution >= 0.6 is 0 Å². The molecule has 1 aromatic heterocycles. The predicted molar refractivity (Wildman–Crippen MR) is 58.7 cm³/mol. The lowest BCUT2D eigenvalue weighted by molar-refractivity contribution is 0.0945. The van der Waals surface area contributed by atoms with Crippen LogP contribution in [0.2, 0.25) is 0 Å². The molecular formula is C12H18N2O. The van der Waals surface area contributed by atoms with Crippen molar-refractivity contribution in [2.45, 2.75) is 38.5 Å². The Morgan fingerprint density at radius 1 is 1.47 bits per heavy atom. The van der Waals surface area contributed by atoms with Crippen molar-refractivity contribution in [1.29, 1.82) is 0 Å². The maximum Gasteiger partial charge on any atom is 0.183 e. The first-order chi connectivity index (χ1) is 7.25. The van der Waals surface area contributed by atoms with Crippen LogP contribution in [-0.4, -0.2) is 15.3 Å². The highest BCUT2D eigenvalue weighted by Crippen LogP contribution is 2.27. The molecule has 1 saturated carbocycles. The molecule has 1 fully saturated rings. The van der Waals surface area contributed by atoms with Crippen molar-refractivity contribution in [1.82, 2.24) is 9.55 Å². The second kappa shape index (κ2) is 4.60. The van der Waals surface area contributed by atoms with E-state index in [1.54, 1.807) is 6.33 Å². The van der Waals surface area contributed by atoms with Crippen LogP contribution in [0.15, 0.2) is 12.5 Å². The summed E-state index contributed by atoms with van der Waals surface area (Å²) in [5, 5.41) is 0. The Labute approximate surface area is 90.5 Å². The molecule has 0 spiro atoms. The minimum absolute atomic E-state index is 0.211. The van der Waals surface area contributed by atoms with Crippen molar-refractivity contribution >= 4 is 5.78 Å². The van der Waals surface area contributed by atoms with Crippen LogP contribution in [0.4, 0.5) is 0 Å². The van der Waals surface area contributed by atoms with Gasteiger partial charge in [-0.1, -0.05) is 32.1 Å². The largest absolute Gasteiger partial charge is 0.340 e. The standard InChI is InChI=1S/C12H18N2O/c1-14-8-11(13-9-14)12(15)7-10-5-3-2-4-6-10/h8-10H,2-7H2,1H3. The number of carbonyl (C=O) groups excluding carboxylic acids is 1. The van der Waals surface area contributed by atoms with Gasteiger partial charge in [0.15, 0.2) is 5.78 Å². The topological polar surface area (TPSA) is 34.9 Å². The molecule has 0 amide bonds. The van der Waals surface area contributed by atoms with E-state index in [1.165, 1.54) is 32.1 Å². The SMILES string of the molecule is Cn1cnc(C(=O)CC2CCCCC2)c1. The van der Waals surface area contributed by atoms with E-state index < -0.39 is 0 Å². The number of imidazole rings is 1. The van der Waals surface area contributed by atoms with Gasteiger partial charge in [0.2, 0.25) is 0 Å². The fourth-order valence-corrected chi connectivity index (χ4v) is 2.31. The van der Waals surface area contributed by atoms with Crippen molar-refractivity contribution < 1.29 is 4.79 Å². The van der Waals surface area contributed by atoms with Gasteiger partial charge in [0.25, 0.3) is 0 Å². The van der Waals surface area contributed by atoms with Crippen molar-refractivity contribution in [3.8, 4) is 0 Å². The number of aryl methyl sites for hydroxylation is 1. The summed E-state index contributed by atoms with van der Waals surface area (Å²) in [6.45, 7) is 0. The third-order valence-electron chi connectivity index (χ3n) is 3.19. The number of Topliss-reactive ketones (excluding diaryl/α,β-unsaturated/α-hetero) is 1. The summed E-state index contributed by atoms with van der Waals surface area (Å²) in [4.78, 5) is 15.9. The number of hydrogen-bond acceptors (Lipinski definition) is 2. The maximum atomic E-state index is 11.9. The minimum atomic E-state index is 0.211. The molecule has 0 radical (unpaired) electrons. The Kier molecular flexibility index (Phi) is 3.19. The summed E-state index contributed by atoms with van der Waals surface area (Å²) in [5.74, 6) is 0.816. The quantitative estimate of drug-likeness (QED) is 0.712. The molecule has 0 saturated heterocycles. The summed E-state index contributed by atoms with van der Waals surface area (Å²) < 4.78 is 1.83. The second-order valence-corrected chi connectivity index (χ2v) is 4.56. The zero-order valence-electron chi connectivity index (χ0n) is 9.28. The van der Waals surface area contributed by atoms with Crippen LogP contribution in [-0.2, 0) is 7.05 Å². The molecule has 0 aromatic carbocycles. The first kappa shape index (κ1) is 10.4. The van der Waals surface area contributed by atoms with Crippen molar-refractivity contribution in [2.75, 3.05) is 0 Å². The first-order valence-corrected chi connectivity index (χ1v) is 5.77. The number of nitrogens with zero attached hydrogens (tertiary/aromatic N) is 2. The highest BCUT2D eigenvalue weighted by Gasteiger charge is 2.18. The van der Waals surface area contributed by atoms with E-state index in [-0.39, 0.29) is 5.78 Å². The lowest BCUT2D eigenvalue weighted by atomic mass is 9.85. The Hall–Kier alpha value is -1.12. The lowest BCUT2D eigenvalue weighted by Crippen LogP contribution is -2.12. The molecule has 3 heteroatoms. The third kappa shape index (κ3) is 2.67. The molecule has 1 heterocycles. The molecule has 1 aromatic rings. The number of rotatable bonds is 3. The van der Waals surface area contributed by atoms with Crippen molar-refractivity contribution in [3.05, 3.63) is 18.2 Å². The van der Waals surface area contributed by atoms with Gasteiger partial charge in [-0.15, -0.1) is 0 Å². The summed E-state index contributed by atoms with van der Waals surface area (Å²) >= 11 is 0. The minimum Gasteiger partial charge on any atom is -0.340 e. The molecule has 0 atom stereocenters. The molecule has 0 unspecified atom stereocenters. The zero-order valence-corrected chi connectivity index (χ0v) is 9.28. The van der Waals surface area contributed by atoms with E-state index in [0.717, 1.165) is 0 Å². The molecule has 0 aliphatic heterocycles. The van der Waals surface area contributed by atoms with Crippen LogP contribution in [0, 0.1) is 5.92 Å². The van der Waals surface area contributed by atoms with Gasteiger partial charge >= 0.3 is 0 Å². The van der Waals surface area contributed by atoms with Crippen LogP contribution in [0.5, 0.6) is 0 Å². The van der Waals surface area contributed by atoms with Crippen LogP contribution in [0.25, 0.3) is 0 Å². The van der Waals surface area contributed by atoms with E-state index in [2.05, 4.69) is 4.98 Å². The average Bonchev–Trinajstić information content (AvgIpc) is 2.66. The highest BCUT2D eigenvalue weighted by molar-refractivity contribution is 5.94. The molecule has 0 N–H and O–H groups in total. The first-order valence-electron chi connectivity index (χ1n) is 5.77. The van der Waals surface area contributed by atoms with E-state index >= 15 is 0 Å². The summed E-state index contributed by atoms with van der Waals surface area (Å²) in [6, 6.07) is 0. The monoisotopic (exact) mass is 206 g/mol. The Morgan fingerprint density at radius 3 is 2.80 bits per heavy atom. The second-order valence-electron chi connectivity index (χ2n) is 4.56. The Morgan fingerprint density at radius 2 is 2.20 bits per heavy atom. The summed E-state index contributed by atoms with van der Waals surface area (Å²) in [6.07, 6.45) is 10.6. The Balaban J connectivity index is 1.91. The highest BCUT2D eigenvalue weighted by atomic mass is 16.1. The molecule has 3 nitrogen and oxygen atoms in total. The predicted octanol–water partition coefficient (Wildman–Crippen LogP) is 2.57. The molecule has 0 bridgehead atoms. The number of ketones is 1. The van der Waals surface area contributed by atoms with Gasteiger partial charge in [-0.25, -0.2) is 4.98 Å². The third-order valence-corrected chi connectivity index (χ3v) is 3.19. The zero-order chi connectivity index (χ0) is 10.7. The van der Waals surface area contributed by atoms with Crippen LogP contribution in [0.3, 0.4) is 0 Å². The van der Waals surface area contributed by atoms with Gasteiger partial charge in [-0.3, -0.25) is 4.79 Å². The molecule has 1 aliphatic carbocycles. The van der Waals surface area contributed by atoms with Crippen molar-refractivity contribution in [2.24, 2.45) is 13.0 Å². The number of hydrogen-bond donors (Lipinski definition) is 0. The molecular weight excluding hydrogens is 188 g/mol. The van der Waals surface area contributed by atoms with Gasteiger partial charge in [0.1, 0.15) is 5.69 Å². The summed E-state index contributed by atoms with van der Waals surface area (Å²) in [5.41, 5.74) is 0.628. The lowest BCUT2D eigenvalue weighted by Gasteiger charge is -2.20. The fourth-order valence-electron chi connectivity index (χ4n) is 2.31. The maximum absolute atomic E-state index is 11.9. The van der Waals surface area contributed by atoms with Crippen LogP contribution < -0.4 is 0 Å². The van der Waals surface area contributed by atoms with Gasteiger partial charge in [0.05, 0.1) is 6.33 Å². The Bertz CT molecular complexity index is 337. The van der Waals surface area contributed by atoms with Gasteiger partial charge in [0, 0.05) is 19.7 Å². The van der Waals surface area contributed by atoms with E-state index in [0.29, 0.717) is 18.0 Å². The number of carbonyl (C=O) groups is 1. The van der Waals surface area contributed by atoms with Gasteiger partial charge in [-0.05, 0) is 5.92 Å². The van der Waals surface area contributed by atoms with E-state index in [9.17, 15) is 4.79 Å².